The summed E-state index contributed by atoms with van der Waals surface area (Å²) in [5, 5.41) is 0. The maximum absolute atomic E-state index is 6.11. The van der Waals surface area contributed by atoms with Gasteiger partial charge in [0.05, 0.1) is 24.7 Å². The van der Waals surface area contributed by atoms with Crippen LogP contribution in [0, 0.1) is 0 Å². The summed E-state index contributed by atoms with van der Waals surface area (Å²) in [6.07, 6.45) is 6.78. The minimum absolute atomic E-state index is 0.0984. The Labute approximate surface area is 124 Å². The summed E-state index contributed by atoms with van der Waals surface area (Å²) < 4.78 is 0. The van der Waals surface area contributed by atoms with Gasteiger partial charge in [0.1, 0.15) is 0 Å². The van der Waals surface area contributed by atoms with Crippen molar-refractivity contribution < 1.29 is 0 Å². The number of hydrogen-bond donors (Lipinski definition) is 4. The Kier molecular flexibility index (Phi) is 9.58. The first-order chi connectivity index (χ1) is 9.42. The van der Waals surface area contributed by atoms with Crippen molar-refractivity contribution in [1.29, 1.82) is 0 Å². The second-order valence-corrected chi connectivity index (χ2v) is 5.09. The zero-order valence-corrected chi connectivity index (χ0v) is 13.5. The summed E-state index contributed by atoms with van der Waals surface area (Å²) in [7, 11) is 0. The highest BCUT2D eigenvalue weighted by atomic mass is 15.3. The standard InChI is InChI=1S/C14H34N6/c1-5-11(15)19(12(16)6-2)9-10-20(13(17)7-3)14(18)8-4/h9-14H,5-8,15-18H2,1-4H3/b10-9+. The van der Waals surface area contributed by atoms with E-state index in [0.717, 1.165) is 25.7 Å². The Morgan fingerprint density at radius 1 is 0.600 bits per heavy atom. The molecule has 0 rings (SSSR count). The largest absolute Gasteiger partial charge is 0.346 e. The molecular formula is C14H34N6. The quantitative estimate of drug-likeness (QED) is 0.443. The molecule has 0 aliphatic carbocycles. The molecule has 0 aliphatic heterocycles. The molecule has 0 aliphatic rings. The summed E-state index contributed by atoms with van der Waals surface area (Å²) >= 11 is 0. The second kappa shape index (κ2) is 9.99. The average molecular weight is 286 g/mol. The number of rotatable bonds is 10. The molecule has 0 saturated heterocycles. The molecular weight excluding hydrogens is 252 g/mol. The highest BCUT2D eigenvalue weighted by molar-refractivity contribution is 4.90. The van der Waals surface area contributed by atoms with Gasteiger partial charge < -0.3 is 32.7 Å². The van der Waals surface area contributed by atoms with Crippen molar-refractivity contribution in [3.63, 3.8) is 0 Å². The van der Waals surface area contributed by atoms with Gasteiger partial charge >= 0.3 is 0 Å². The van der Waals surface area contributed by atoms with Crippen LogP contribution in [0.5, 0.6) is 0 Å². The van der Waals surface area contributed by atoms with E-state index in [1.165, 1.54) is 0 Å². The molecule has 120 valence electrons. The molecule has 0 radical (unpaired) electrons. The molecule has 6 nitrogen and oxygen atoms in total. The molecule has 0 aromatic carbocycles. The van der Waals surface area contributed by atoms with E-state index in [2.05, 4.69) is 0 Å². The van der Waals surface area contributed by atoms with Crippen molar-refractivity contribution >= 4 is 0 Å². The van der Waals surface area contributed by atoms with Crippen LogP contribution in [-0.2, 0) is 0 Å². The first-order valence-electron chi connectivity index (χ1n) is 7.68. The van der Waals surface area contributed by atoms with Crippen molar-refractivity contribution in [3.8, 4) is 0 Å². The Bertz CT molecular complexity index is 224. The Hall–Kier alpha value is -0.820. The minimum atomic E-state index is -0.0984. The van der Waals surface area contributed by atoms with Gasteiger partial charge in [-0.15, -0.1) is 0 Å². The van der Waals surface area contributed by atoms with Gasteiger partial charge in [0.15, 0.2) is 0 Å². The summed E-state index contributed by atoms with van der Waals surface area (Å²) in [5.74, 6) is 0. The molecule has 4 unspecified atom stereocenters. The zero-order valence-electron chi connectivity index (χ0n) is 13.5. The molecule has 20 heavy (non-hydrogen) atoms. The fraction of sp³-hybridized carbons (Fsp3) is 0.857. The highest BCUT2D eigenvalue weighted by Crippen LogP contribution is 2.10. The van der Waals surface area contributed by atoms with Gasteiger partial charge in [-0.2, -0.15) is 0 Å². The first-order valence-corrected chi connectivity index (χ1v) is 7.68. The minimum Gasteiger partial charge on any atom is -0.346 e. The van der Waals surface area contributed by atoms with Crippen molar-refractivity contribution in [2.75, 3.05) is 0 Å². The Balaban J connectivity index is 5.02. The maximum atomic E-state index is 6.11. The van der Waals surface area contributed by atoms with Crippen LogP contribution in [0.4, 0.5) is 0 Å². The third kappa shape index (κ3) is 5.66. The lowest BCUT2D eigenvalue weighted by Gasteiger charge is -2.35. The number of hydrogen-bond acceptors (Lipinski definition) is 6. The third-order valence-electron chi connectivity index (χ3n) is 3.62. The van der Waals surface area contributed by atoms with E-state index in [-0.39, 0.29) is 24.7 Å². The predicted molar refractivity (Wildman–Crippen MR) is 85.9 cm³/mol. The molecule has 0 bridgehead atoms. The highest BCUT2D eigenvalue weighted by Gasteiger charge is 2.18. The Morgan fingerprint density at radius 2 is 0.800 bits per heavy atom. The van der Waals surface area contributed by atoms with Crippen molar-refractivity contribution in [3.05, 3.63) is 12.4 Å². The van der Waals surface area contributed by atoms with Crippen LogP contribution in [0.1, 0.15) is 53.4 Å². The van der Waals surface area contributed by atoms with Gasteiger partial charge in [0, 0.05) is 12.4 Å². The Morgan fingerprint density at radius 3 is 0.950 bits per heavy atom. The van der Waals surface area contributed by atoms with E-state index < -0.39 is 0 Å². The van der Waals surface area contributed by atoms with Crippen LogP contribution in [-0.4, -0.2) is 34.5 Å². The molecule has 0 spiro atoms. The molecule has 4 atom stereocenters. The predicted octanol–water partition coefficient (Wildman–Crippen LogP) is 0.841. The van der Waals surface area contributed by atoms with Crippen molar-refractivity contribution in [2.45, 2.75) is 78.0 Å². The van der Waals surface area contributed by atoms with E-state index in [9.17, 15) is 0 Å². The van der Waals surface area contributed by atoms with Gasteiger partial charge in [-0.05, 0) is 25.7 Å². The molecule has 0 aromatic rings. The van der Waals surface area contributed by atoms with Gasteiger partial charge in [-0.1, -0.05) is 27.7 Å². The number of nitrogens with zero attached hydrogens (tertiary/aromatic N) is 2. The SMILES string of the molecule is CCC(N)N(/C=C/N(C(N)CC)C(N)CC)C(N)CC. The third-order valence-corrected chi connectivity index (χ3v) is 3.62. The molecule has 0 heterocycles. The van der Waals surface area contributed by atoms with Crippen molar-refractivity contribution in [1.82, 2.24) is 9.80 Å². The molecule has 0 aromatic heterocycles. The molecule has 8 N–H and O–H groups in total. The second-order valence-electron chi connectivity index (χ2n) is 5.09. The lowest BCUT2D eigenvalue weighted by Crippen LogP contribution is -2.51. The monoisotopic (exact) mass is 286 g/mol. The van der Waals surface area contributed by atoms with Crippen molar-refractivity contribution in [2.24, 2.45) is 22.9 Å². The molecule has 6 heteroatoms. The zero-order chi connectivity index (χ0) is 15.7. The summed E-state index contributed by atoms with van der Waals surface area (Å²) in [5.41, 5.74) is 24.4. The van der Waals surface area contributed by atoms with E-state index in [4.69, 9.17) is 22.9 Å². The van der Waals surface area contributed by atoms with E-state index in [1.807, 2.05) is 49.9 Å². The van der Waals surface area contributed by atoms with Crippen LogP contribution in [0.15, 0.2) is 12.4 Å². The van der Waals surface area contributed by atoms with Gasteiger partial charge in [-0.25, -0.2) is 0 Å². The van der Waals surface area contributed by atoms with Gasteiger partial charge in [0.25, 0.3) is 0 Å². The van der Waals surface area contributed by atoms with Crippen LogP contribution in [0.3, 0.4) is 0 Å². The first kappa shape index (κ1) is 19.2. The summed E-state index contributed by atoms with van der Waals surface area (Å²) in [6.45, 7) is 8.17. The van der Waals surface area contributed by atoms with E-state index in [0.29, 0.717) is 0 Å². The van der Waals surface area contributed by atoms with Gasteiger partial charge in [0.2, 0.25) is 0 Å². The van der Waals surface area contributed by atoms with Crippen LogP contribution >= 0.6 is 0 Å². The summed E-state index contributed by atoms with van der Waals surface area (Å²) in [6, 6.07) is 0. The van der Waals surface area contributed by atoms with E-state index >= 15 is 0 Å². The van der Waals surface area contributed by atoms with Crippen LogP contribution in [0.2, 0.25) is 0 Å². The van der Waals surface area contributed by atoms with Crippen LogP contribution < -0.4 is 22.9 Å². The summed E-state index contributed by atoms with van der Waals surface area (Å²) in [4.78, 5) is 3.94. The lowest BCUT2D eigenvalue weighted by atomic mass is 10.2. The topological polar surface area (TPSA) is 111 Å². The fourth-order valence-electron chi connectivity index (χ4n) is 1.93. The number of nitrogens with two attached hydrogens (primary N) is 4. The lowest BCUT2D eigenvalue weighted by molar-refractivity contribution is 0.174. The van der Waals surface area contributed by atoms with Gasteiger partial charge in [-0.3, -0.25) is 0 Å². The van der Waals surface area contributed by atoms with E-state index in [1.54, 1.807) is 0 Å². The molecule has 0 amide bonds. The average Bonchev–Trinajstić information content (AvgIpc) is 2.48. The molecule has 0 saturated carbocycles. The maximum Gasteiger partial charge on any atom is 0.0778 e. The molecule has 0 fully saturated rings. The smallest absolute Gasteiger partial charge is 0.0778 e. The van der Waals surface area contributed by atoms with Crippen LogP contribution in [0.25, 0.3) is 0 Å². The normalized spacial score (nSPS) is 17.8. The fourth-order valence-corrected chi connectivity index (χ4v) is 1.93.